The molecule has 6 heteroatoms. The van der Waals surface area contributed by atoms with Crippen molar-refractivity contribution in [1.29, 1.82) is 0 Å². The second kappa shape index (κ2) is 6.13. The lowest BCUT2D eigenvalue weighted by molar-refractivity contribution is 0.441. The van der Waals surface area contributed by atoms with Crippen LogP contribution in [0.15, 0.2) is 12.1 Å². The summed E-state index contributed by atoms with van der Waals surface area (Å²) in [6.45, 7) is 8.42. The Labute approximate surface area is 134 Å². The Kier molecular flexibility index (Phi) is 4.89. The van der Waals surface area contributed by atoms with Gasteiger partial charge in [-0.1, -0.05) is 56.9 Å². The van der Waals surface area contributed by atoms with Gasteiger partial charge in [0.05, 0.1) is 5.88 Å². The number of aromatic hydroxyl groups is 1. The van der Waals surface area contributed by atoms with Crippen molar-refractivity contribution in [2.75, 3.05) is 5.88 Å². The minimum absolute atomic E-state index is 0.0636. The number of thiocarbonyl (C=S) groups is 1. The lowest BCUT2D eigenvalue weighted by atomic mass is 9.82. The van der Waals surface area contributed by atoms with E-state index in [1.807, 2.05) is 17.4 Å². The average molecular weight is 329 g/mol. The first-order chi connectivity index (χ1) is 9.30. The lowest BCUT2D eigenvalue weighted by Crippen LogP contribution is -2.26. The van der Waals surface area contributed by atoms with Crippen molar-refractivity contribution in [3.8, 4) is 5.75 Å². The Morgan fingerprint density at radius 1 is 1.45 bits per heavy atom. The summed E-state index contributed by atoms with van der Waals surface area (Å²) in [5, 5.41) is 10.6. The van der Waals surface area contributed by atoms with Gasteiger partial charge in [0.1, 0.15) is 5.75 Å². The molecule has 0 aliphatic carbocycles. The van der Waals surface area contributed by atoms with Gasteiger partial charge in [0, 0.05) is 16.9 Å². The van der Waals surface area contributed by atoms with E-state index in [1.165, 1.54) is 0 Å². The van der Waals surface area contributed by atoms with Crippen molar-refractivity contribution in [3.63, 3.8) is 0 Å². The number of thioether (sulfide) groups is 1. The highest BCUT2D eigenvalue weighted by Gasteiger charge is 2.23. The Morgan fingerprint density at radius 2 is 2.15 bits per heavy atom. The highest BCUT2D eigenvalue weighted by atomic mass is 32.2. The van der Waals surface area contributed by atoms with E-state index >= 15 is 0 Å². The second-order valence-electron chi connectivity index (χ2n) is 5.80. The SMILES string of the molecule is Cc1ccc(CSN2NCSC2=S)c(O)c1C(C)(C)C. The van der Waals surface area contributed by atoms with Gasteiger partial charge in [0.2, 0.25) is 0 Å². The van der Waals surface area contributed by atoms with Crippen LogP contribution in [-0.4, -0.2) is 19.7 Å². The summed E-state index contributed by atoms with van der Waals surface area (Å²) >= 11 is 8.44. The monoisotopic (exact) mass is 328 g/mol. The summed E-state index contributed by atoms with van der Waals surface area (Å²) in [5.41, 5.74) is 6.24. The maximum Gasteiger partial charge on any atom is 0.162 e. The molecule has 0 spiro atoms. The van der Waals surface area contributed by atoms with Crippen molar-refractivity contribution in [2.45, 2.75) is 38.9 Å². The molecule has 1 aromatic rings. The van der Waals surface area contributed by atoms with Gasteiger partial charge in [0.25, 0.3) is 0 Å². The van der Waals surface area contributed by atoms with Crippen LogP contribution in [0.5, 0.6) is 5.75 Å². The predicted molar refractivity (Wildman–Crippen MR) is 92.9 cm³/mol. The van der Waals surface area contributed by atoms with Crippen LogP contribution < -0.4 is 5.43 Å². The zero-order valence-electron chi connectivity index (χ0n) is 12.2. The summed E-state index contributed by atoms with van der Waals surface area (Å²) in [4.78, 5) is 0. The minimum atomic E-state index is -0.0636. The molecule has 1 heterocycles. The topological polar surface area (TPSA) is 35.5 Å². The predicted octanol–water partition coefficient (Wildman–Crippen LogP) is 3.94. The molecule has 1 fully saturated rings. The zero-order chi connectivity index (χ0) is 14.9. The highest BCUT2D eigenvalue weighted by Crippen LogP contribution is 2.38. The van der Waals surface area contributed by atoms with E-state index in [2.05, 4.69) is 32.3 Å². The van der Waals surface area contributed by atoms with Gasteiger partial charge in [-0.05, 0) is 29.9 Å². The van der Waals surface area contributed by atoms with Crippen molar-refractivity contribution in [3.05, 3.63) is 28.8 Å². The summed E-state index contributed by atoms with van der Waals surface area (Å²) in [6, 6.07) is 4.08. The molecule has 2 rings (SSSR count). The van der Waals surface area contributed by atoms with E-state index in [0.29, 0.717) is 11.5 Å². The molecule has 0 amide bonds. The quantitative estimate of drug-likeness (QED) is 0.646. The van der Waals surface area contributed by atoms with E-state index < -0.39 is 0 Å². The number of phenols is 1. The maximum absolute atomic E-state index is 10.6. The fourth-order valence-electron chi connectivity index (χ4n) is 2.31. The average Bonchev–Trinajstić information content (AvgIpc) is 2.72. The highest BCUT2D eigenvalue weighted by molar-refractivity contribution is 8.24. The van der Waals surface area contributed by atoms with Crippen LogP contribution in [-0.2, 0) is 11.2 Å². The van der Waals surface area contributed by atoms with E-state index in [9.17, 15) is 5.11 Å². The molecule has 2 N–H and O–H groups in total. The van der Waals surface area contributed by atoms with Crippen LogP contribution >= 0.6 is 35.9 Å². The van der Waals surface area contributed by atoms with Gasteiger partial charge in [-0.3, -0.25) is 0 Å². The number of hydrogen-bond acceptors (Lipinski definition) is 5. The van der Waals surface area contributed by atoms with Crippen LogP contribution in [0.25, 0.3) is 0 Å². The summed E-state index contributed by atoms with van der Waals surface area (Å²) in [7, 11) is 0. The molecule has 0 aromatic heterocycles. The summed E-state index contributed by atoms with van der Waals surface area (Å²) in [5.74, 6) is 1.93. The minimum Gasteiger partial charge on any atom is -0.507 e. The van der Waals surface area contributed by atoms with Gasteiger partial charge >= 0.3 is 0 Å². The summed E-state index contributed by atoms with van der Waals surface area (Å²) < 4.78 is 2.74. The number of phenolic OH excluding ortho intramolecular Hbond substituents is 1. The first-order valence-corrected chi connectivity index (χ1v) is 8.79. The number of benzene rings is 1. The Hall–Kier alpha value is -0.430. The number of hydrogen-bond donors (Lipinski definition) is 2. The van der Waals surface area contributed by atoms with E-state index in [0.717, 1.165) is 26.9 Å². The number of nitrogens with one attached hydrogen (secondary N) is 1. The van der Waals surface area contributed by atoms with Crippen LogP contribution in [0.4, 0.5) is 0 Å². The third kappa shape index (κ3) is 3.42. The third-order valence-corrected chi connectivity index (χ3v) is 5.62. The molecule has 110 valence electrons. The second-order valence-corrected chi connectivity index (χ2v) is 8.32. The van der Waals surface area contributed by atoms with E-state index in [1.54, 1.807) is 23.7 Å². The number of rotatable bonds is 3. The van der Waals surface area contributed by atoms with E-state index in [4.69, 9.17) is 12.2 Å². The molecule has 1 aliphatic rings. The Bertz CT molecular complexity index is 526. The fourth-order valence-corrected chi connectivity index (χ4v) is 4.37. The van der Waals surface area contributed by atoms with Gasteiger partial charge in [-0.15, -0.1) is 0 Å². The van der Waals surface area contributed by atoms with Crippen molar-refractivity contribution < 1.29 is 5.11 Å². The standard InChI is InChI=1S/C14H20N2OS3/c1-9-5-6-10(12(17)11(9)14(2,3)4)7-20-16-13(18)19-8-15-16/h5-6,15,17H,7-8H2,1-4H3. The van der Waals surface area contributed by atoms with Gasteiger partial charge < -0.3 is 5.11 Å². The molecule has 0 saturated carbocycles. The van der Waals surface area contributed by atoms with Gasteiger partial charge in [-0.2, -0.15) is 0 Å². The van der Waals surface area contributed by atoms with Gasteiger partial charge in [0.15, 0.2) is 4.32 Å². The first kappa shape index (κ1) is 15.9. The Morgan fingerprint density at radius 3 is 2.70 bits per heavy atom. The van der Waals surface area contributed by atoms with Gasteiger partial charge in [-0.25, -0.2) is 9.84 Å². The van der Waals surface area contributed by atoms with Crippen LogP contribution in [0.1, 0.15) is 37.5 Å². The molecular weight excluding hydrogens is 308 g/mol. The van der Waals surface area contributed by atoms with Crippen LogP contribution in [0, 0.1) is 6.92 Å². The van der Waals surface area contributed by atoms with E-state index in [-0.39, 0.29) is 5.41 Å². The molecule has 1 aliphatic heterocycles. The van der Waals surface area contributed by atoms with Crippen LogP contribution in [0.3, 0.4) is 0 Å². The van der Waals surface area contributed by atoms with Crippen molar-refractivity contribution in [2.24, 2.45) is 0 Å². The van der Waals surface area contributed by atoms with Crippen molar-refractivity contribution >= 4 is 40.2 Å². The molecule has 0 atom stereocenters. The van der Waals surface area contributed by atoms with Crippen LogP contribution in [0.2, 0.25) is 0 Å². The molecule has 0 bridgehead atoms. The largest absolute Gasteiger partial charge is 0.507 e. The zero-order valence-corrected chi connectivity index (χ0v) is 14.6. The molecule has 1 aromatic carbocycles. The number of nitrogens with zero attached hydrogens (tertiary/aromatic N) is 1. The molecule has 1 saturated heterocycles. The summed E-state index contributed by atoms with van der Waals surface area (Å²) in [6.07, 6.45) is 0. The Balaban J connectivity index is 2.19. The number of aryl methyl sites for hydroxylation is 1. The first-order valence-electron chi connectivity index (χ1n) is 6.46. The molecule has 20 heavy (non-hydrogen) atoms. The van der Waals surface area contributed by atoms with Crippen molar-refractivity contribution in [1.82, 2.24) is 9.84 Å². The smallest absolute Gasteiger partial charge is 0.162 e. The molecule has 0 radical (unpaired) electrons. The molecular formula is C14H20N2OS3. The maximum atomic E-state index is 10.6. The lowest BCUT2D eigenvalue weighted by Gasteiger charge is -2.25. The number of hydrazine groups is 1. The fraction of sp³-hybridized carbons (Fsp3) is 0.500. The molecule has 0 unspecified atom stereocenters. The third-order valence-electron chi connectivity index (χ3n) is 3.14. The molecule has 3 nitrogen and oxygen atoms in total. The normalized spacial score (nSPS) is 16.0.